The van der Waals surface area contributed by atoms with E-state index in [2.05, 4.69) is 69.2 Å². The zero-order valence-electron chi connectivity index (χ0n) is 29.9. The molecule has 4 aliphatic rings. The Labute approximate surface area is 303 Å². The van der Waals surface area contributed by atoms with Crippen LogP contribution in [0.1, 0.15) is 83.4 Å². The summed E-state index contributed by atoms with van der Waals surface area (Å²) < 4.78 is 21.2. The maximum atomic E-state index is 15.7. The van der Waals surface area contributed by atoms with Crippen LogP contribution in [-0.2, 0) is 21.7 Å². The summed E-state index contributed by atoms with van der Waals surface area (Å²) in [4.78, 5) is 47.6. The number of hydrogen-bond acceptors (Lipinski definition) is 7. The van der Waals surface area contributed by atoms with Gasteiger partial charge >= 0.3 is 0 Å². The first-order chi connectivity index (χ1) is 25.0. The summed E-state index contributed by atoms with van der Waals surface area (Å²) in [5, 5.41) is 4.19. The summed E-state index contributed by atoms with van der Waals surface area (Å²) >= 11 is 0. The molecule has 266 valence electrons. The van der Waals surface area contributed by atoms with Gasteiger partial charge in [-0.3, -0.25) is 14.4 Å². The quantitative estimate of drug-likeness (QED) is 0.136. The number of piperidine rings is 1. The zero-order valence-corrected chi connectivity index (χ0v) is 29.9. The minimum absolute atomic E-state index is 0.0908. The van der Waals surface area contributed by atoms with E-state index in [-0.39, 0.29) is 42.4 Å². The van der Waals surface area contributed by atoms with Crippen LogP contribution in [0, 0.1) is 39.1 Å². The first-order valence-electron chi connectivity index (χ1n) is 18.3. The zero-order chi connectivity index (χ0) is 36.3. The Morgan fingerprint density at radius 1 is 1.00 bits per heavy atom. The number of amides is 1. The Morgan fingerprint density at radius 3 is 2.40 bits per heavy atom. The molecule has 10 heteroatoms. The van der Waals surface area contributed by atoms with Gasteiger partial charge in [0, 0.05) is 73.5 Å². The number of carbonyl (C=O) groups is 3. The standard InChI is InChI=1S/C42H42FN5O4/c1-25-5-6-29(40-26(2)45-52-27(40)3)19-37(25)47(32-9-7-31(8-10-32)42(44-4)15-16-42)23-28-13-17-46(18-14-28)38-20-30-24-48(41(51)34(30)22-35(38)43)36-12-11-33(49)21-39(36)50/h5-10,19-20,22,28,36H,11-18,21,23-24H2,1-3H3. The van der Waals surface area contributed by atoms with Crippen molar-refractivity contribution in [2.75, 3.05) is 29.4 Å². The van der Waals surface area contributed by atoms with Crippen LogP contribution in [0.5, 0.6) is 0 Å². The molecule has 2 saturated carbocycles. The van der Waals surface area contributed by atoms with Gasteiger partial charge in [0.2, 0.25) is 0 Å². The molecule has 9 nitrogen and oxygen atoms in total. The summed E-state index contributed by atoms with van der Waals surface area (Å²) in [6.07, 6.45) is 3.97. The van der Waals surface area contributed by atoms with Crippen LogP contribution in [0.25, 0.3) is 16.0 Å². The van der Waals surface area contributed by atoms with E-state index in [9.17, 15) is 14.4 Å². The van der Waals surface area contributed by atoms with Crippen molar-refractivity contribution in [3.63, 3.8) is 0 Å². The number of hydrogen-bond donors (Lipinski definition) is 0. The molecule has 4 aromatic rings. The summed E-state index contributed by atoms with van der Waals surface area (Å²) in [7, 11) is 0. The third-order valence-corrected chi connectivity index (χ3v) is 11.7. The summed E-state index contributed by atoms with van der Waals surface area (Å²) in [6, 6.07) is 17.5. The van der Waals surface area contributed by atoms with Crippen LogP contribution < -0.4 is 9.80 Å². The van der Waals surface area contributed by atoms with E-state index in [1.165, 1.54) is 11.0 Å². The molecule has 1 unspecified atom stereocenters. The summed E-state index contributed by atoms with van der Waals surface area (Å²) in [6.45, 7) is 16.1. The minimum atomic E-state index is -0.629. The Hall–Kier alpha value is -5.30. The number of rotatable bonds is 8. The summed E-state index contributed by atoms with van der Waals surface area (Å²) in [5.74, 6) is 0.0109. The molecule has 3 aromatic carbocycles. The Balaban J connectivity index is 1.02. The Morgan fingerprint density at radius 2 is 1.75 bits per heavy atom. The largest absolute Gasteiger partial charge is 0.369 e. The number of ketones is 2. The normalized spacial score (nSPS) is 19.9. The maximum absolute atomic E-state index is 15.7. The van der Waals surface area contributed by atoms with Crippen LogP contribution >= 0.6 is 0 Å². The molecule has 1 atom stereocenters. The lowest BCUT2D eigenvalue weighted by molar-refractivity contribution is -0.133. The average molecular weight is 700 g/mol. The molecule has 0 bridgehead atoms. The third-order valence-electron chi connectivity index (χ3n) is 11.7. The SMILES string of the molecule is [C-]#[N+]C1(c2ccc(N(CC3CCN(c4cc5c(cc4F)C(=O)N(C4CCC(=O)CC4=O)C5)CC3)c3cc(-c4c(C)noc4C)ccc3C)cc2)CC1. The highest BCUT2D eigenvalue weighted by molar-refractivity contribution is 6.07. The van der Waals surface area contributed by atoms with Crippen LogP contribution in [0.3, 0.4) is 0 Å². The highest BCUT2D eigenvalue weighted by Crippen LogP contribution is 2.50. The molecule has 1 aromatic heterocycles. The molecule has 3 fully saturated rings. The van der Waals surface area contributed by atoms with E-state index < -0.39 is 11.9 Å². The molecule has 3 heterocycles. The van der Waals surface area contributed by atoms with Crippen LogP contribution in [0.2, 0.25) is 0 Å². The van der Waals surface area contributed by atoms with Gasteiger partial charge in [-0.2, -0.15) is 0 Å². The van der Waals surface area contributed by atoms with Gasteiger partial charge in [0.1, 0.15) is 17.4 Å². The number of nitrogens with zero attached hydrogens (tertiary/aromatic N) is 5. The van der Waals surface area contributed by atoms with E-state index in [0.29, 0.717) is 36.7 Å². The number of benzene rings is 3. The van der Waals surface area contributed by atoms with Crippen molar-refractivity contribution >= 4 is 34.5 Å². The molecule has 1 amide bonds. The van der Waals surface area contributed by atoms with Gasteiger partial charge in [0.15, 0.2) is 5.78 Å². The van der Waals surface area contributed by atoms with Crippen LogP contribution in [0.15, 0.2) is 59.1 Å². The van der Waals surface area contributed by atoms with Crippen LogP contribution in [-0.4, -0.2) is 53.2 Å². The molecular weight excluding hydrogens is 657 g/mol. The van der Waals surface area contributed by atoms with E-state index in [1.54, 1.807) is 6.07 Å². The second-order valence-electron chi connectivity index (χ2n) is 15.1. The molecule has 1 saturated heterocycles. The lowest BCUT2D eigenvalue weighted by Crippen LogP contribution is -2.44. The van der Waals surface area contributed by atoms with E-state index in [4.69, 9.17) is 11.1 Å². The molecule has 0 N–H and O–H groups in total. The fourth-order valence-corrected chi connectivity index (χ4v) is 8.47. The Bertz CT molecular complexity index is 2120. The predicted molar refractivity (Wildman–Crippen MR) is 196 cm³/mol. The molecule has 0 radical (unpaired) electrons. The smallest absolute Gasteiger partial charge is 0.258 e. The maximum Gasteiger partial charge on any atom is 0.258 e. The number of carbonyl (C=O) groups excluding carboxylic acids is 3. The van der Waals surface area contributed by atoms with Gasteiger partial charge in [-0.05, 0) is 105 Å². The first-order valence-corrected chi connectivity index (χ1v) is 18.3. The van der Waals surface area contributed by atoms with Crippen LogP contribution in [0.4, 0.5) is 21.5 Å². The average Bonchev–Trinajstić information content (AvgIpc) is 3.79. The van der Waals surface area contributed by atoms with Gasteiger partial charge < -0.3 is 24.1 Å². The fourth-order valence-electron chi connectivity index (χ4n) is 8.47. The number of halogens is 1. The number of aromatic nitrogens is 1. The lowest BCUT2D eigenvalue weighted by Gasteiger charge is -2.37. The third kappa shape index (κ3) is 5.96. The monoisotopic (exact) mass is 699 g/mol. The van der Waals surface area contributed by atoms with E-state index in [1.807, 2.05) is 13.8 Å². The van der Waals surface area contributed by atoms with Crippen molar-refractivity contribution in [3.8, 4) is 11.1 Å². The van der Waals surface area contributed by atoms with Crippen molar-refractivity contribution in [1.82, 2.24) is 10.1 Å². The molecule has 2 aliphatic carbocycles. The predicted octanol–water partition coefficient (Wildman–Crippen LogP) is 8.02. The van der Waals surface area contributed by atoms with Gasteiger partial charge in [-0.25, -0.2) is 11.0 Å². The number of fused-ring (bicyclic) bond motifs is 1. The first kappa shape index (κ1) is 33.8. The topological polar surface area (TPSA) is 91.3 Å². The van der Waals surface area contributed by atoms with Gasteiger partial charge in [0.25, 0.3) is 11.4 Å². The van der Waals surface area contributed by atoms with Crippen molar-refractivity contribution in [3.05, 3.63) is 106 Å². The van der Waals surface area contributed by atoms with Crippen molar-refractivity contribution in [1.29, 1.82) is 0 Å². The van der Waals surface area contributed by atoms with E-state index in [0.717, 1.165) is 82.9 Å². The molecule has 0 spiro atoms. The van der Waals surface area contributed by atoms with Gasteiger partial charge in [0.05, 0.1) is 23.8 Å². The summed E-state index contributed by atoms with van der Waals surface area (Å²) in [5.41, 5.74) is 8.40. The number of anilines is 3. The van der Waals surface area contributed by atoms with Crippen molar-refractivity contribution in [2.45, 2.75) is 83.8 Å². The highest BCUT2D eigenvalue weighted by Gasteiger charge is 2.52. The number of aryl methyl sites for hydroxylation is 3. The second kappa shape index (κ2) is 13.0. The molecule has 2 aliphatic heterocycles. The fraction of sp³-hybridized carbons (Fsp3) is 0.405. The van der Waals surface area contributed by atoms with Gasteiger partial charge in [-0.15, -0.1) is 0 Å². The molecular formula is C42H42FN5O4. The highest BCUT2D eigenvalue weighted by atomic mass is 19.1. The number of Topliss-reactive ketones (excluding diaryl/α,β-unsaturated/α-hetero) is 2. The van der Waals surface area contributed by atoms with Crippen molar-refractivity contribution in [2.24, 2.45) is 5.92 Å². The lowest BCUT2D eigenvalue weighted by atomic mass is 9.92. The molecule has 8 rings (SSSR count). The van der Waals surface area contributed by atoms with Gasteiger partial charge in [-0.1, -0.05) is 17.3 Å². The van der Waals surface area contributed by atoms with E-state index >= 15 is 4.39 Å². The second-order valence-corrected chi connectivity index (χ2v) is 15.1. The molecule has 52 heavy (non-hydrogen) atoms. The minimum Gasteiger partial charge on any atom is -0.369 e. The Kier molecular flexibility index (Phi) is 8.48. The van der Waals surface area contributed by atoms with Crippen molar-refractivity contribution < 1.29 is 23.3 Å².